The maximum atomic E-state index is 12.1. The summed E-state index contributed by atoms with van der Waals surface area (Å²) in [6.07, 6.45) is 4.17. The van der Waals surface area contributed by atoms with E-state index in [1.54, 1.807) is 25.3 Å². The Balaban J connectivity index is 1.64. The lowest BCUT2D eigenvalue weighted by atomic mass is 9.99. The number of hydrogen-bond acceptors (Lipinski definition) is 5. The molecular formula is C16H20N4O2. The Bertz CT molecular complexity index is 642. The third-order valence-electron chi connectivity index (χ3n) is 4.00. The van der Waals surface area contributed by atoms with Gasteiger partial charge in [-0.2, -0.15) is 0 Å². The van der Waals surface area contributed by atoms with Crippen LogP contribution in [0.1, 0.15) is 36.0 Å². The standard InChI is InChI=1S/C16H20N4O2/c1-11-5-7-20(8-6-11)13-3-4-14(17-10-13)16(21)18-15-9-12(2)22-19-15/h3-4,9-11H,5-8H2,1-2H3,(H,18,19,21). The lowest BCUT2D eigenvalue weighted by Gasteiger charge is -2.31. The summed E-state index contributed by atoms with van der Waals surface area (Å²) in [5, 5.41) is 6.40. The van der Waals surface area contributed by atoms with Crippen molar-refractivity contribution in [3.05, 3.63) is 35.9 Å². The molecule has 6 heteroatoms. The van der Waals surface area contributed by atoms with Crippen LogP contribution in [0.2, 0.25) is 0 Å². The molecule has 2 aromatic heterocycles. The van der Waals surface area contributed by atoms with Gasteiger partial charge in [0.15, 0.2) is 5.82 Å². The summed E-state index contributed by atoms with van der Waals surface area (Å²) in [6.45, 7) is 6.16. The first-order valence-electron chi connectivity index (χ1n) is 7.57. The van der Waals surface area contributed by atoms with Gasteiger partial charge >= 0.3 is 0 Å². The number of anilines is 2. The number of rotatable bonds is 3. The fourth-order valence-electron chi connectivity index (χ4n) is 2.58. The minimum Gasteiger partial charge on any atom is -0.370 e. The van der Waals surface area contributed by atoms with Crippen molar-refractivity contribution in [2.45, 2.75) is 26.7 Å². The highest BCUT2D eigenvalue weighted by atomic mass is 16.5. The number of nitrogens with zero attached hydrogens (tertiary/aromatic N) is 3. The van der Waals surface area contributed by atoms with Crippen molar-refractivity contribution in [2.24, 2.45) is 5.92 Å². The van der Waals surface area contributed by atoms with E-state index in [9.17, 15) is 4.79 Å². The SMILES string of the molecule is Cc1cc(NC(=O)c2ccc(N3CCC(C)CC3)cn2)no1. The molecule has 1 aliphatic heterocycles. The maximum Gasteiger partial charge on any atom is 0.275 e. The number of piperidine rings is 1. The molecule has 0 saturated carbocycles. The predicted molar refractivity (Wildman–Crippen MR) is 84.0 cm³/mol. The van der Waals surface area contributed by atoms with Crippen LogP contribution < -0.4 is 10.2 Å². The van der Waals surface area contributed by atoms with Crippen LogP contribution in [-0.2, 0) is 0 Å². The second-order valence-electron chi connectivity index (χ2n) is 5.85. The third kappa shape index (κ3) is 3.27. The Hall–Kier alpha value is -2.37. The second kappa shape index (κ2) is 6.17. The molecule has 3 heterocycles. The molecule has 0 radical (unpaired) electrons. The molecule has 6 nitrogen and oxygen atoms in total. The van der Waals surface area contributed by atoms with E-state index in [-0.39, 0.29) is 5.91 Å². The van der Waals surface area contributed by atoms with Gasteiger partial charge in [0.1, 0.15) is 11.5 Å². The number of carbonyl (C=O) groups excluding carboxylic acids is 1. The van der Waals surface area contributed by atoms with Crippen molar-refractivity contribution in [1.82, 2.24) is 10.1 Å². The van der Waals surface area contributed by atoms with Crippen molar-refractivity contribution in [1.29, 1.82) is 0 Å². The number of nitrogens with one attached hydrogen (secondary N) is 1. The van der Waals surface area contributed by atoms with Gasteiger partial charge in [-0.1, -0.05) is 12.1 Å². The van der Waals surface area contributed by atoms with Crippen LogP contribution >= 0.6 is 0 Å². The first kappa shape index (κ1) is 14.6. The highest BCUT2D eigenvalue weighted by Crippen LogP contribution is 2.22. The van der Waals surface area contributed by atoms with Gasteiger partial charge in [0, 0.05) is 19.2 Å². The molecule has 1 fully saturated rings. The van der Waals surface area contributed by atoms with E-state index in [2.05, 4.69) is 27.3 Å². The van der Waals surface area contributed by atoms with E-state index < -0.39 is 0 Å². The van der Waals surface area contributed by atoms with Crippen molar-refractivity contribution >= 4 is 17.4 Å². The molecule has 3 rings (SSSR count). The number of hydrogen-bond donors (Lipinski definition) is 1. The highest BCUT2D eigenvalue weighted by molar-refractivity contribution is 6.02. The Kier molecular flexibility index (Phi) is 4.09. The van der Waals surface area contributed by atoms with Crippen LogP contribution in [0.25, 0.3) is 0 Å². The van der Waals surface area contributed by atoms with Crippen LogP contribution in [0.15, 0.2) is 28.9 Å². The summed E-state index contributed by atoms with van der Waals surface area (Å²) in [7, 11) is 0. The van der Waals surface area contributed by atoms with E-state index in [4.69, 9.17) is 4.52 Å². The molecule has 0 aromatic carbocycles. The maximum absolute atomic E-state index is 12.1. The van der Waals surface area contributed by atoms with Gasteiger partial charge in [-0.25, -0.2) is 4.98 Å². The number of aromatic nitrogens is 2. The number of carbonyl (C=O) groups is 1. The van der Waals surface area contributed by atoms with Crippen LogP contribution in [0, 0.1) is 12.8 Å². The lowest BCUT2D eigenvalue weighted by Crippen LogP contribution is -2.32. The Morgan fingerprint density at radius 3 is 2.73 bits per heavy atom. The first-order valence-corrected chi connectivity index (χ1v) is 7.57. The van der Waals surface area contributed by atoms with E-state index in [1.807, 2.05) is 6.07 Å². The minimum atomic E-state index is -0.285. The highest BCUT2D eigenvalue weighted by Gasteiger charge is 2.17. The van der Waals surface area contributed by atoms with Gasteiger partial charge in [-0.15, -0.1) is 0 Å². The van der Waals surface area contributed by atoms with Crippen molar-refractivity contribution in [3.8, 4) is 0 Å². The fourth-order valence-corrected chi connectivity index (χ4v) is 2.58. The average Bonchev–Trinajstić information content (AvgIpc) is 2.93. The molecule has 0 spiro atoms. The monoisotopic (exact) mass is 300 g/mol. The third-order valence-corrected chi connectivity index (χ3v) is 4.00. The van der Waals surface area contributed by atoms with Gasteiger partial charge in [0.05, 0.1) is 11.9 Å². The molecular weight excluding hydrogens is 280 g/mol. The molecule has 1 amide bonds. The molecule has 1 N–H and O–H groups in total. The molecule has 0 unspecified atom stereocenters. The summed E-state index contributed by atoms with van der Waals surface area (Å²) in [4.78, 5) is 18.7. The molecule has 1 saturated heterocycles. The van der Waals surface area contributed by atoms with Gasteiger partial charge < -0.3 is 14.7 Å². The topological polar surface area (TPSA) is 71.3 Å². The van der Waals surface area contributed by atoms with Crippen molar-refractivity contribution in [3.63, 3.8) is 0 Å². The minimum absolute atomic E-state index is 0.285. The number of aryl methyl sites for hydroxylation is 1. The van der Waals surface area contributed by atoms with E-state index >= 15 is 0 Å². The van der Waals surface area contributed by atoms with Gasteiger partial charge in [0.25, 0.3) is 5.91 Å². The van der Waals surface area contributed by atoms with E-state index in [0.717, 1.165) is 24.7 Å². The number of amides is 1. The summed E-state index contributed by atoms with van der Waals surface area (Å²) in [5.41, 5.74) is 1.44. The van der Waals surface area contributed by atoms with Crippen molar-refractivity contribution < 1.29 is 9.32 Å². The Morgan fingerprint density at radius 1 is 1.36 bits per heavy atom. The smallest absolute Gasteiger partial charge is 0.275 e. The predicted octanol–water partition coefficient (Wildman–Crippen LogP) is 2.87. The molecule has 22 heavy (non-hydrogen) atoms. The van der Waals surface area contributed by atoms with Crippen LogP contribution in [0.5, 0.6) is 0 Å². The van der Waals surface area contributed by atoms with Crippen LogP contribution in [-0.4, -0.2) is 29.1 Å². The zero-order valence-corrected chi connectivity index (χ0v) is 12.9. The molecule has 1 aliphatic rings. The summed E-state index contributed by atoms with van der Waals surface area (Å²) >= 11 is 0. The second-order valence-corrected chi connectivity index (χ2v) is 5.85. The quantitative estimate of drug-likeness (QED) is 0.943. The van der Waals surface area contributed by atoms with Gasteiger partial charge in [-0.3, -0.25) is 4.79 Å². The largest absolute Gasteiger partial charge is 0.370 e. The lowest BCUT2D eigenvalue weighted by molar-refractivity contribution is 0.102. The Morgan fingerprint density at radius 2 is 2.14 bits per heavy atom. The van der Waals surface area contributed by atoms with Gasteiger partial charge in [-0.05, 0) is 37.8 Å². The normalized spacial score (nSPS) is 15.8. The van der Waals surface area contributed by atoms with E-state index in [0.29, 0.717) is 17.3 Å². The Labute approximate surface area is 129 Å². The van der Waals surface area contributed by atoms with Crippen LogP contribution in [0.3, 0.4) is 0 Å². The van der Waals surface area contributed by atoms with Crippen LogP contribution in [0.4, 0.5) is 11.5 Å². The molecule has 0 aliphatic carbocycles. The fraction of sp³-hybridized carbons (Fsp3) is 0.438. The average molecular weight is 300 g/mol. The molecule has 0 bridgehead atoms. The molecule has 2 aromatic rings. The number of pyridine rings is 1. The van der Waals surface area contributed by atoms with Crippen molar-refractivity contribution in [2.75, 3.05) is 23.3 Å². The van der Waals surface area contributed by atoms with E-state index in [1.165, 1.54) is 12.8 Å². The summed E-state index contributed by atoms with van der Waals surface area (Å²) in [5.74, 6) is 1.56. The summed E-state index contributed by atoms with van der Waals surface area (Å²) < 4.78 is 4.92. The summed E-state index contributed by atoms with van der Waals surface area (Å²) in [6, 6.07) is 5.36. The molecule has 0 atom stereocenters. The zero-order chi connectivity index (χ0) is 15.5. The zero-order valence-electron chi connectivity index (χ0n) is 12.9. The first-order chi connectivity index (χ1) is 10.6. The molecule has 116 valence electrons. The van der Waals surface area contributed by atoms with Gasteiger partial charge in [0.2, 0.25) is 0 Å².